The number of aliphatic hydroxyl groups is 1. The van der Waals surface area contributed by atoms with Crippen molar-refractivity contribution in [2.24, 2.45) is 0 Å². The molecule has 0 saturated carbocycles. The van der Waals surface area contributed by atoms with Gasteiger partial charge in [-0.25, -0.2) is 0 Å². The molecule has 0 fully saturated rings. The van der Waals surface area contributed by atoms with Crippen LogP contribution in [0.25, 0.3) is 10.9 Å². The van der Waals surface area contributed by atoms with Crippen molar-refractivity contribution in [3.8, 4) is 0 Å². The van der Waals surface area contributed by atoms with Gasteiger partial charge in [0.25, 0.3) is 0 Å². The van der Waals surface area contributed by atoms with E-state index in [9.17, 15) is 5.11 Å². The molecule has 0 atom stereocenters. The average Bonchev–Trinajstić information content (AvgIpc) is 2.84. The van der Waals surface area contributed by atoms with E-state index in [0.717, 1.165) is 12.1 Å². The van der Waals surface area contributed by atoms with E-state index in [4.69, 9.17) is 0 Å². The molecule has 1 aromatic heterocycles. The first-order chi connectivity index (χ1) is 9.28. The fourth-order valence-electron chi connectivity index (χ4n) is 2.44. The molecular formula is C17H17NO. The number of hydrogen-bond acceptors (Lipinski definition) is 1. The monoisotopic (exact) mass is 251 g/mol. The summed E-state index contributed by atoms with van der Waals surface area (Å²) in [6.07, 6.45) is 2.11. The average molecular weight is 251 g/mol. The third-order valence-electron chi connectivity index (χ3n) is 3.62. The summed E-state index contributed by atoms with van der Waals surface area (Å²) in [7, 11) is 0. The first-order valence-electron chi connectivity index (χ1n) is 6.51. The zero-order valence-corrected chi connectivity index (χ0v) is 11.0. The van der Waals surface area contributed by atoms with Crippen molar-refractivity contribution >= 4 is 10.9 Å². The van der Waals surface area contributed by atoms with Crippen LogP contribution in [0.4, 0.5) is 0 Å². The molecule has 0 aliphatic heterocycles. The molecule has 0 amide bonds. The van der Waals surface area contributed by atoms with Crippen LogP contribution in [0, 0.1) is 6.92 Å². The van der Waals surface area contributed by atoms with Gasteiger partial charge >= 0.3 is 0 Å². The van der Waals surface area contributed by atoms with Gasteiger partial charge in [-0.15, -0.1) is 0 Å². The van der Waals surface area contributed by atoms with Crippen molar-refractivity contribution in [1.82, 2.24) is 4.57 Å². The minimum absolute atomic E-state index is 0.0888. The normalized spacial score (nSPS) is 11.1. The second-order valence-electron chi connectivity index (χ2n) is 4.92. The molecule has 96 valence electrons. The summed E-state index contributed by atoms with van der Waals surface area (Å²) >= 11 is 0. The van der Waals surface area contributed by atoms with Crippen LogP contribution in [-0.4, -0.2) is 9.67 Å². The second kappa shape index (κ2) is 4.90. The predicted molar refractivity (Wildman–Crippen MR) is 78.1 cm³/mol. The molecule has 1 N–H and O–H groups in total. The van der Waals surface area contributed by atoms with Crippen LogP contribution >= 0.6 is 0 Å². The largest absolute Gasteiger partial charge is 0.392 e. The van der Waals surface area contributed by atoms with Gasteiger partial charge in [0.2, 0.25) is 0 Å². The smallest absolute Gasteiger partial charge is 0.0682 e. The first kappa shape index (κ1) is 12.0. The van der Waals surface area contributed by atoms with Crippen LogP contribution in [0.3, 0.4) is 0 Å². The first-order valence-corrected chi connectivity index (χ1v) is 6.51. The summed E-state index contributed by atoms with van der Waals surface area (Å²) < 4.78 is 2.23. The number of rotatable bonds is 3. The molecule has 3 rings (SSSR count). The van der Waals surface area contributed by atoms with E-state index >= 15 is 0 Å². The number of hydrogen-bond donors (Lipinski definition) is 1. The topological polar surface area (TPSA) is 25.2 Å². The van der Waals surface area contributed by atoms with Gasteiger partial charge in [0.1, 0.15) is 0 Å². The molecule has 0 aliphatic carbocycles. The van der Waals surface area contributed by atoms with E-state index in [1.54, 1.807) is 0 Å². The molecule has 2 nitrogen and oxygen atoms in total. The third kappa shape index (κ3) is 2.27. The Bertz CT molecular complexity index is 712. The maximum Gasteiger partial charge on any atom is 0.0682 e. The van der Waals surface area contributed by atoms with Gasteiger partial charge in [0.05, 0.1) is 6.61 Å². The lowest BCUT2D eigenvalue weighted by Crippen LogP contribution is -2.00. The van der Waals surface area contributed by atoms with Gasteiger partial charge in [-0.3, -0.25) is 0 Å². The van der Waals surface area contributed by atoms with Crippen molar-refractivity contribution in [3.63, 3.8) is 0 Å². The maximum atomic E-state index is 9.25. The van der Waals surface area contributed by atoms with E-state index < -0.39 is 0 Å². The summed E-state index contributed by atoms with van der Waals surface area (Å²) in [5.41, 5.74) is 4.77. The van der Waals surface area contributed by atoms with Crippen molar-refractivity contribution in [2.75, 3.05) is 0 Å². The van der Waals surface area contributed by atoms with Crippen molar-refractivity contribution < 1.29 is 5.11 Å². The number of aryl methyl sites for hydroxylation is 1. The molecule has 2 heteroatoms. The molecular weight excluding hydrogens is 234 g/mol. The summed E-state index contributed by atoms with van der Waals surface area (Å²) in [5, 5.41) is 10.5. The molecule has 0 radical (unpaired) electrons. The fourth-order valence-corrected chi connectivity index (χ4v) is 2.44. The highest BCUT2D eigenvalue weighted by Gasteiger charge is 2.04. The predicted octanol–water partition coefficient (Wildman–Crippen LogP) is 3.49. The van der Waals surface area contributed by atoms with Gasteiger partial charge < -0.3 is 9.67 Å². The van der Waals surface area contributed by atoms with E-state index in [0.29, 0.717) is 0 Å². The van der Waals surface area contributed by atoms with Crippen LogP contribution in [0.2, 0.25) is 0 Å². The Morgan fingerprint density at radius 2 is 1.89 bits per heavy atom. The second-order valence-corrected chi connectivity index (χ2v) is 4.92. The van der Waals surface area contributed by atoms with Gasteiger partial charge in [0, 0.05) is 18.3 Å². The lowest BCUT2D eigenvalue weighted by molar-refractivity contribution is 0.282. The summed E-state index contributed by atoms with van der Waals surface area (Å²) in [4.78, 5) is 0. The molecule has 3 aromatic rings. The summed E-state index contributed by atoms with van der Waals surface area (Å²) in [6.45, 7) is 3.09. The van der Waals surface area contributed by atoms with Gasteiger partial charge in [-0.2, -0.15) is 0 Å². The zero-order chi connectivity index (χ0) is 13.2. The number of aromatic nitrogens is 1. The molecule has 0 spiro atoms. The lowest BCUT2D eigenvalue weighted by Gasteiger charge is -2.09. The van der Waals surface area contributed by atoms with Gasteiger partial charge in [-0.1, -0.05) is 36.4 Å². The van der Waals surface area contributed by atoms with E-state index in [2.05, 4.69) is 60.2 Å². The van der Waals surface area contributed by atoms with Crippen molar-refractivity contribution in [2.45, 2.75) is 20.1 Å². The molecule has 0 saturated heterocycles. The van der Waals surface area contributed by atoms with Gasteiger partial charge in [0.15, 0.2) is 0 Å². The third-order valence-corrected chi connectivity index (χ3v) is 3.62. The Labute approximate surface area is 112 Å². The van der Waals surface area contributed by atoms with Crippen LogP contribution in [0.1, 0.15) is 16.7 Å². The molecule has 0 unspecified atom stereocenters. The number of aliphatic hydroxyl groups excluding tert-OH is 1. The molecule has 1 heterocycles. The SMILES string of the molecule is Cc1ccccc1Cn1ccc2ccc(CO)cc21. The minimum atomic E-state index is 0.0888. The highest BCUT2D eigenvalue weighted by molar-refractivity contribution is 5.80. The van der Waals surface area contributed by atoms with Crippen LogP contribution < -0.4 is 0 Å². The van der Waals surface area contributed by atoms with E-state index in [1.807, 2.05) is 6.07 Å². The Hall–Kier alpha value is -2.06. The van der Waals surface area contributed by atoms with Crippen molar-refractivity contribution in [1.29, 1.82) is 0 Å². The molecule has 19 heavy (non-hydrogen) atoms. The number of fused-ring (bicyclic) bond motifs is 1. The van der Waals surface area contributed by atoms with Crippen LogP contribution in [0.5, 0.6) is 0 Å². The highest BCUT2D eigenvalue weighted by Crippen LogP contribution is 2.20. The Morgan fingerprint density at radius 1 is 1.05 bits per heavy atom. The zero-order valence-electron chi connectivity index (χ0n) is 11.0. The summed E-state index contributed by atoms with van der Waals surface area (Å²) in [6, 6.07) is 16.7. The quantitative estimate of drug-likeness (QED) is 0.757. The highest BCUT2D eigenvalue weighted by atomic mass is 16.3. The Kier molecular flexibility index (Phi) is 3.10. The Morgan fingerprint density at radius 3 is 2.68 bits per heavy atom. The minimum Gasteiger partial charge on any atom is -0.392 e. The number of benzene rings is 2. The lowest BCUT2D eigenvalue weighted by atomic mass is 10.1. The molecule has 0 bridgehead atoms. The van der Waals surface area contributed by atoms with E-state index in [1.165, 1.54) is 22.0 Å². The van der Waals surface area contributed by atoms with Gasteiger partial charge in [-0.05, 0) is 41.1 Å². The van der Waals surface area contributed by atoms with Crippen molar-refractivity contribution in [3.05, 3.63) is 71.4 Å². The summed E-state index contributed by atoms with van der Waals surface area (Å²) in [5.74, 6) is 0. The molecule has 2 aromatic carbocycles. The van der Waals surface area contributed by atoms with E-state index in [-0.39, 0.29) is 6.61 Å². The Balaban J connectivity index is 2.03. The maximum absolute atomic E-state index is 9.25. The molecule has 0 aliphatic rings. The standard InChI is InChI=1S/C17H17NO/c1-13-4-2-3-5-16(13)11-18-9-8-15-7-6-14(12-19)10-17(15)18/h2-10,19H,11-12H2,1H3. The van der Waals surface area contributed by atoms with Crippen LogP contribution in [0.15, 0.2) is 54.7 Å². The fraction of sp³-hybridized carbons (Fsp3) is 0.176. The number of nitrogens with zero attached hydrogens (tertiary/aromatic N) is 1. The van der Waals surface area contributed by atoms with Crippen LogP contribution in [-0.2, 0) is 13.2 Å².